The number of hydrogen-bond acceptors (Lipinski definition) is 4. The average Bonchev–Trinajstić information content (AvgIpc) is 2.89. The molecule has 0 spiro atoms. The molecule has 0 aromatic rings. The number of carbonyl (C=O) groups is 1. The Hall–Kier alpha value is -0.870. The Kier molecular flexibility index (Phi) is 9.13. The van der Waals surface area contributed by atoms with Crippen molar-refractivity contribution in [2.24, 2.45) is 11.8 Å². The van der Waals surface area contributed by atoms with Crippen LogP contribution in [0.2, 0.25) is 0 Å². The van der Waals surface area contributed by atoms with E-state index in [0.29, 0.717) is 25.2 Å². The molecule has 4 heteroatoms. The molecule has 2 N–H and O–H groups in total. The average molecular weight is 367 g/mol. The summed E-state index contributed by atoms with van der Waals surface area (Å²) in [5.41, 5.74) is 1.14. The van der Waals surface area contributed by atoms with Crippen molar-refractivity contribution in [1.82, 2.24) is 0 Å². The maximum absolute atomic E-state index is 12.0. The SMILES string of the molecule is CCCC[C@H](C)C[C@@H](O)CC[C@@H]1C2=C(C[C@H]1O)OC(=O)CCCCCC2. The van der Waals surface area contributed by atoms with Gasteiger partial charge in [0.05, 0.1) is 12.2 Å². The molecule has 1 heterocycles. The molecular formula is C22H38O4. The van der Waals surface area contributed by atoms with E-state index in [2.05, 4.69) is 13.8 Å². The molecule has 0 saturated carbocycles. The van der Waals surface area contributed by atoms with Crippen LogP contribution in [0.3, 0.4) is 0 Å². The van der Waals surface area contributed by atoms with Crippen molar-refractivity contribution in [3.8, 4) is 0 Å². The number of aliphatic hydroxyl groups is 2. The summed E-state index contributed by atoms with van der Waals surface area (Å²) in [6.07, 6.45) is 11.2. The quantitative estimate of drug-likeness (QED) is 0.601. The van der Waals surface area contributed by atoms with E-state index in [1.54, 1.807) is 0 Å². The Bertz CT molecular complexity index is 471. The van der Waals surface area contributed by atoms with Gasteiger partial charge in [0.25, 0.3) is 0 Å². The first kappa shape index (κ1) is 21.4. The second kappa shape index (κ2) is 11.1. The van der Waals surface area contributed by atoms with Gasteiger partial charge < -0.3 is 14.9 Å². The van der Waals surface area contributed by atoms with E-state index < -0.39 is 6.10 Å². The van der Waals surface area contributed by atoms with E-state index in [0.717, 1.165) is 56.3 Å². The summed E-state index contributed by atoms with van der Waals surface area (Å²) >= 11 is 0. The van der Waals surface area contributed by atoms with E-state index >= 15 is 0 Å². The molecule has 2 rings (SSSR count). The molecule has 0 unspecified atom stereocenters. The highest BCUT2D eigenvalue weighted by Gasteiger charge is 2.35. The maximum atomic E-state index is 12.0. The molecule has 0 radical (unpaired) electrons. The maximum Gasteiger partial charge on any atom is 0.310 e. The van der Waals surface area contributed by atoms with Crippen LogP contribution in [0, 0.1) is 11.8 Å². The molecule has 1 aliphatic heterocycles. The van der Waals surface area contributed by atoms with Gasteiger partial charge in [-0.2, -0.15) is 0 Å². The molecule has 0 aromatic carbocycles. The van der Waals surface area contributed by atoms with Crippen LogP contribution in [0.5, 0.6) is 0 Å². The summed E-state index contributed by atoms with van der Waals surface area (Å²) in [5, 5.41) is 20.9. The molecule has 0 aromatic heterocycles. The summed E-state index contributed by atoms with van der Waals surface area (Å²) in [7, 11) is 0. The fourth-order valence-electron chi connectivity index (χ4n) is 4.45. The van der Waals surface area contributed by atoms with Gasteiger partial charge in [-0.25, -0.2) is 0 Å². The van der Waals surface area contributed by atoms with Crippen molar-refractivity contribution in [2.45, 2.75) is 110 Å². The van der Waals surface area contributed by atoms with Crippen LogP contribution < -0.4 is 0 Å². The smallest absolute Gasteiger partial charge is 0.310 e. The zero-order valence-corrected chi connectivity index (χ0v) is 16.7. The van der Waals surface area contributed by atoms with Crippen molar-refractivity contribution in [1.29, 1.82) is 0 Å². The minimum absolute atomic E-state index is 0.0397. The normalized spacial score (nSPS) is 27.0. The van der Waals surface area contributed by atoms with E-state index in [1.165, 1.54) is 19.3 Å². The van der Waals surface area contributed by atoms with Crippen LogP contribution in [0.15, 0.2) is 11.3 Å². The Balaban J connectivity index is 1.91. The molecule has 26 heavy (non-hydrogen) atoms. The number of hydrogen-bond donors (Lipinski definition) is 2. The third kappa shape index (κ3) is 6.70. The molecule has 0 saturated heterocycles. The van der Waals surface area contributed by atoms with Crippen LogP contribution in [0.4, 0.5) is 0 Å². The fourth-order valence-corrected chi connectivity index (χ4v) is 4.45. The van der Waals surface area contributed by atoms with Crippen molar-refractivity contribution >= 4 is 5.97 Å². The number of ether oxygens (including phenoxy) is 1. The number of esters is 1. The van der Waals surface area contributed by atoms with Gasteiger partial charge in [0.15, 0.2) is 0 Å². The summed E-state index contributed by atoms with van der Waals surface area (Å²) in [6.45, 7) is 4.41. The number of aliphatic hydroxyl groups excluding tert-OH is 2. The minimum Gasteiger partial charge on any atom is -0.431 e. The molecule has 0 fully saturated rings. The lowest BCUT2D eigenvalue weighted by atomic mass is 9.87. The Morgan fingerprint density at radius 1 is 1.15 bits per heavy atom. The van der Waals surface area contributed by atoms with Crippen LogP contribution in [0.25, 0.3) is 0 Å². The third-order valence-electron chi connectivity index (χ3n) is 6.01. The second-order valence-corrected chi connectivity index (χ2v) is 8.43. The highest BCUT2D eigenvalue weighted by Crippen LogP contribution is 2.40. The third-order valence-corrected chi connectivity index (χ3v) is 6.01. The highest BCUT2D eigenvalue weighted by atomic mass is 16.5. The van der Waals surface area contributed by atoms with E-state index in [-0.39, 0.29) is 18.0 Å². The summed E-state index contributed by atoms with van der Waals surface area (Å²) in [5.74, 6) is 1.15. The lowest BCUT2D eigenvalue weighted by Gasteiger charge is -2.22. The highest BCUT2D eigenvalue weighted by molar-refractivity contribution is 5.70. The van der Waals surface area contributed by atoms with Gasteiger partial charge in [0.2, 0.25) is 0 Å². The van der Waals surface area contributed by atoms with Gasteiger partial charge in [-0.05, 0) is 50.0 Å². The largest absolute Gasteiger partial charge is 0.431 e. The van der Waals surface area contributed by atoms with Crippen LogP contribution in [-0.2, 0) is 9.53 Å². The van der Waals surface area contributed by atoms with Gasteiger partial charge in [-0.15, -0.1) is 0 Å². The minimum atomic E-state index is -0.474. The van der Waals surface area contributed by atoms with Gasteiger partial charge in [0.1, 0.15) is 5.76 Å². The first-order valence-electron chi connectivity index (χ1n) is 10.8. The topological polar surface area (TPSA) is 66.8 Å². The molecule has 4 nitrogen and oxygen atoms in total. The Morgan fingerprint density at radius 3 is 2.62 bits per heavy atom. The first-order chi connectivity index (χ1) is 12.5. The standard InChI is InChI=1S/C22H38O4/c1-3-4-9-16(2)14-17(23)12-13-18-19-10-7-5-6-8-11-22(25)26-21(19)15-20(18)24/h16-18,20,23-24H,3-15H2,1-2H3/t16-,17-,18+,20+/m0/s1. The van der Waals surface area contributed by atoms with E-state index in [1.807, 2.05) is 0 Å². The zero-order chi connectivity index (χ0) is 18.9. The van der Waals surface area contributed by atoms with E-state index in [9.17, 15) is 15.0 Å². The Morgan fingerprint density at radius 2 is 1.88 bits per heavy atom. The molecule has 4 atom stereocenters. The Labute approximate surface area is 159 Å². The molecule has 0 amide bonds. The second-order valence-electron chi connectivity index (χ2n) is 8.43. The molecular weight excluding hydrogens is 328 g/mol. The van der Waals surface area contributed by atoms with Crippen LogP contribution >= 0.6 is 0 Å². The van der Waals surface area contributed by atoms with Crippen LogP contribution in [-0.4, -0.2) is 28.4 Å². The predicted octanol–water partition coefficient (Wildman–Crippen LogP) is 4.88. The molecule has 1 aliphatic carbocycles. The predicted molar refractivity (Wildman–Crippen MR) is 103 cm³/mol. The van der Waals surface area contributed by atoms with Crippen molar-refractivity contribution in [3.63, 3.8) is 0 Å². The van der Waals surface area contributed by atoms with Crippen LogP contribution in [0.1, 0.15) is 97.3 Å². The molecule has 0 bridgehead atoms. The lowest BCUT2D eigenvalue weighted by Crippen LogP contribution is -2.20. The number of carbonyl (C=O) groups excluding carboxylic acids is 1. The monoisotopic (exact) mass is 366 g/mol. The molecule has 150 valence electrons. The summed E-state index contributed by atoms with van der Waals surface area (Å²) < 4.78 is 5.59. The number of rotatable bonds is 8. The summed E-state index contributed by atoms with van der Waals surface area (Å²) in [6, 6.07) is 0. The first-order valence-corrected chi connectivity index (χ1v) is 10.8. The fraction of sp³-hybridized carbons (Fsp3) is 0.864. The lowest BCUT2D eigenvalue weighted by molar-refractivity contribution is -0.140. The van der Waals surface area contributed by atoms with Gasteiger partial charge in [-0.1, -0.05) is 46.0 Å². The molecule has 2 aliphatic rings. The van der Waals surface area contributed by atoms with Gasteiger partial charge >= 0.3 is 5.97 Å². The van der Waals surface area contributed by atoms with E-state index in [4.69, 9.17) is 4.74 Å². The number of unbranched alkanes of at least 4 members (excludes halogenated alkanes) is 1. The van der Waals surface area contributed by atoms with Crippen molar-refractivity contribution in [3.05, 3.63) is 11.3 Å². The zero-order valence-electron chi connectivity index (χ0n) is 16.7. The van der Waals surface area contributed by atoms with Crippen molar-refractivity contribution < 1.29 is 19.7 Å². The van der Waals surface area contributed by atoms with Gasteiger partial charge in [-0.3, -0.25) is 4.79 Å². The van der Waals surface area contributed by atoms with Gasteiger partial charge in [0, 0.05) is 18.8 Å². The van der Waals surface area contributed by atoms with Crippen molar-refractivity contribution in [2.75, 3.05) is 0 Å². The summed E-state index contributed by atoms with van der Waals surface area (Å²) in [4.78, 5) is 12.0.